The van der Waals surface area contributed by atoms with Gasteiger partial charge in [0, 0.05) is 24.4 Å². The topological polar surface area (TPSA) is 71.5 Å². The monoisotopic (exact) mass is 272 g/mol. The third kappa shape index (κ3) is 3.06. The number of aromatic nitrogens is 1. The molecule has 104 valence electrons. The Morgan fingerprint density at radius 3 is 2.95 bits per heavy atom. The van der Waals surface area contributed by atoms with Crippen molar-refractivity contribution in [2.75, 3.05) is 6.54 Å². The average Bonchev–Trinajstić information content (AvgIpc) is 2.44. The van der Waals surface area contributed by atoms with Gasteiger partial charge < -0.3 is 15.2 Å². The molecule has 20 heavy (non-hydrogen) atoms. The van der Waals surface area contributed by atoms with Gasteiger partial charge in [-0.1, -0.05) is 6.07 Å². The van der Waals surface area contributed by atoms with E-state index >= 15 is 0 Å². The van der Waals surface area contributed by atoms with Gasteiger partial charge in [0.2, 0.25) is 0 Å². The molecular weight excluding hydrogens is 256 g/mol. The molecule has 0 fully saturated rings. The van der Waals surface area contributed by atoms with Gasteiger partial charge in [0.15, 0.2) is 0 Å². The highest BCUT2D eigenvalue weighted by Crippen LogP contribution is 2.30. The molecule has 1 aromatic heterocycles. The zero-order chi connectivity index (χ0) is 14.5. The number of hydrogen-bond donors (Lipinski definition) is 2. The van der Waals surface area contributed by atoms with E-state index in [4.69, 9.17) is 4.74 Å². The first-order valence-corrected chi connectivity index (χ1v) is 6.32. The van der Waals surface area contributed by atoms with E-state index in [1.807, 2.05) is 6.92 Å². The molecule has 1 amide bonds. The van der Waals surface area contributed by atoms with Crippen molar-refractivity contribution >= 4 is 5.91 Å². The molecule has 0 aliphatic heterocycles. The fourth-order valence-corrected chi connectivity index (χ4v) is 1.69. The molecule has 0 aliphatic rings. The maximum Gasteiger partial charge on any atom is 0.270 e. The SMILES string of the molecule is CCNC(=O)c1cc(Oc2cccc(O)c2C)ccn1. The summed E-state index contributed by atoms with van der Waals surface area (Å²) in [4.78, 5) is 15.7. The van der Waals surface area contributed by atoms with Crippen LogP contribution < -0.4 is 10.1 Å². The molecule has 1 heterocycles. The number of pyridine rings is 1. The van der Waals surface area contributed by atoms with Gasteiger partial charge in [0.05, 0.1) is 0 Å². The van der Waals surface area contributed by atoms with Crippen LogP contribution in [0, 0.1) is 6.92 Å². The first-order chi connectivity index (χ1) is 9.61. The number of benzene rings is 1. The molecule has 0 atom stereocenters. The Bertz CT molecular complexity index is 626. The lowest BCUT2D eigenvalue weighted by molar-refractivity contribution is 0.0950. The standard InChI is InChI=1S/C15H16N2O3/c1-3-16-15(19)12-9-11(7-8-17-12)20-14-6-4-5-13(18)10(14)2/h4-9,18H,3H2,1-2H3,(H,16,19). The van der Waals surface area contributed by atoms with Crippen molar-refractivity contribution < 1.29 is 14.6 Å². The highest BCUT2D eigenvalue weighted by Gasteiger charge is 2.09. The Labute approximate surface area is 117 Å². The first-order valence-electron chi connectivity index (χ1n) is 6.32. The van der Waals surface area contributed by atoms with E-state index in [9.17, 15) is 9.90 Å². The van der Waals surface area contributed by atoms with Crippen LogP contribution in [-0.4, -0.2) is 22.5 Å². The summed E-state index contributed by atoms with van der Waals surface area (Å²) in [5, 5.41) is 12.3. The summed E-state index contributed by atoms with van der Waals surface area (Å²) in [6.45, 7) is 4.14. The Kier molecular flexibility index (Phi) is 4.20. The lowest BCUT2D eigenvalue weighted by atomic mass is 10.2. The summed E-state index contributed by atoms with van der Waals surface area (Å²) in [5.41, 5.74) is 0.936. The van der Waals surface area contributed by atoms with Gasteiger partial charge in [0.1, 0.15) is 22.9 Å². The van der Waals surface area contributed by atoms with Crippen molar-refractivity contribution in [2.24, 2.45) is 0 Å². The van der Waals surface area contributed by atoms with E-state index in [1.165, 1.54) is 6.20 Å². The summed E-state index contributed by atoms with van der Waals surface area (Å²) < 4.78 is 5.68. The first kappa shape index (κ1) is 13.9. The molecule has 2 N–H and O–H groups in total. The Hall–Kier alpha value is -2.56. The average molecular weight is 272 g/mol. The molecule has 0 radical (unpaired) electrons. The number of phenols is 1. The summed E-state index contributed by atoms with van der Waals surface area (Å²) in [7, 11) is 0. The van der Waals surface area contributed by atoms with Crippen LogP contribution in [0.2, 0.25) is 0 Å². The summed E-state index contributed by atoms with van der Waals surface area (Å²) in [6, 6.07) is 8.26. The van der Waals surface area contributed by atoms with Gasteiger partial charge in [-0.2, -0.15) is 0 Å². The minimum Gasteiger partial charge on any atom is -0.508 e. The number of nitrogens with zero attached hydrogens (tertiary/aromatic N) is 1. The quantitative estimate of drug-likeness (QED) is 0.897. The molecular formula is C15H16N2O3. The number of nitrogens with one attached hydrogen (secondary N) is 1. The van der Waals surface area contributed by atoms with E-state index in [0.29, 0.717) is 29.3 Å². The third-order valence-electron chi connectivity index (χ3n) is 2.78. The van der Waals surface area contributed by atoms with Crippen LogP contribution in [0.3, 0.4) is 0 Å². The molecule has 0 saturated carbocycles. The van der Waals surface area contributed by atoms with Crippen molar-refractivity contribution in [3.8, 4) is 17.2 Å². The second kappa shape index (κ2) is 6.06. The number of carbonyl (C=O) groups is 1. The molecule has 0 bridgehead atoms. The van der Waals surface area contributed by atoms with Crippen molar-refractivity contribution in [1.82, 2.24) is 10.3 Å². The Morgan fingerprint density at radius 1 is 1.40 bits per heavy atom. The van der Waals surface area contributed by atoms with Crippen LogP contribution in [-0.2, 0) is 0 Å². The number of carbonyl (C=O) groups excluding carboxylic acids is 1. The van der Waals surface area contributed by atoms with Crippen LogP contribution in [0.1, 0.15) is 23.0 Å². The summed E-state index contributed by atoms with van der Waals surface area (Å²) >= 11 is 0. The van der Waals surface area contributed by atoms with Gasteiger partial charge in [-0.25, -0.2) is 0 Å². The molecule has 1 aromatic carbocycles. The van der Waals surface area contributed by atoms with Crippen molar-refractivity contribution in [3.05, 3.63) is 47.8 Å². The fraction of sp³-hybridized carbons (Fsp3) is 0.200. The molecule has 0 aliphatic carbocycles. The van der Waals surface area contributed by atoms with Gasteiger partial charge in [-0.05, 0) is 32.0 Å². The largest absolute Gasteiger partial charge is 0.508 e. The normalized spacial score (nSPS) is 10.1. The Balaban J connectivity index is 2.24. The van der Waals surface area contributed by atoms with Crippen LogP contribution >= 0.6 is 0 Å². The number of amides is 1. The fourth-order valence-electron chi connectivity index (χ4n) is 1.69. The zero-order valence-electron chi connectivity index (χ0n) is 11.4. The molecule has 2 rings (SSSR count). The van der Waals surface area contributed by atoms with Crippen molar-refractivity contribution in [1.29, 1.82) is 0 Å². The van der Waals surface area contributed by atoms with Crippen LogP contribution in [0.25, 0.3) is 0 Å². The van der Waals surface area contributed by atoms with Crippen molar-refractivity contribution in [3.63, 3.8) is 0 Å². The predicted octanol–water partition coefficient (Wildman–Crippen LogP) is 2.64. The minimum atomic E-state index is -0.245. The van der Waals surface area contributed by atoms with Crippen molar-refractivity contribution in [2.45, 2.75) is 13.8 Å². The van der Waals surface area contributed by atoms with E-state index in [0.717, 1.165) is 0 Å². The smallest absolute Gasteiger partial charge is 0.270 e. The highest BCUT2D eigenvalue weighted by atomic mass is 16.5. The second-order valence-electron chi connectivity index (χ2n) is 4.24. The Morgan fingerprint density at radius 2 is 2.20 bits per heavy atom. The van der Waals surface area contributed by atoms with E-state index in [1.54, 1.807) is 37.3 Å². The van der Waals surface area contributed by atoms with Crippen LogP contribution in [0.5, 0.6) is 17.2 Å². The van der Waals surface area contributed by atoms with Crippen LogP contribution in [0.15, 0.2) is 36.5 Å². The van der Waals surface area contributed by atoms with Crippen LogP contribution in [0.4, 0.5) is 0 Å². The molecule has 5 nitrogen and oxygen atoms in total. The molecule has 0 saturated heterocycles. The molecule has 5 heteroatoms. The molecule has 2 aromatic rings. The lowest BCUT2D eigenvalue weighted by Crippen LogP contribution is -2.23. The summed E-state index contributed by atoms with van der Waals surface area (Å²) in [5.74, 6) is 0.957. The van der Waals surface area contributed by atoms with Gasteiger partial charge in [0.25, 0.3) is 5.91 Å². The minimum absolute atomic E-state index is 0.167. The van der Waals surface area contributed by atoms with E-state index in [-0.39, 0.29) is 11.7 Å². The maximum atomic E-state index is 11.7. The van der Waals surface area contributed by atoms with Gasteiger partial charge in [-0.3, -0.25) is 9.78 Å². The highest BCUT2D eigenvalue weighted by molar-refractivity contribution is 5.92. The van der Waals surface area contributed by atoms with E-state index < -0.39 is 0 Å². The predicted molar refractivity (Wildman–Crippen MR) is 75.2 cm³/mol. The number of rotatable bonds is 4. The second-order valence-corrected chi connectivity index (χ2v) is 4.24. The molecule has 0 spiro atoms. The number of ether oxygens (including phenoxy) is 1. The summed E-state index contributed by atoms with van der Waals surface area (Å²) in [6.07, 6.45) is 1.51. The number of aromatic hydroxyl groups is 1. The van der Waals surface area contributed by atoms with E-state index in [2.05, 4.69) is 10.3 Å². The molecule has 0 unspecified atom stereocenters. The zero-order valence-corrected chi connectivity index (χ0v) is 11.4. The number of phenolic OH excluding ortho intramolecular Hbond substituents is 1. The maximum absolute atomic E-state index is 11.7. The van der Waals surface area contributed by atoms with Gasteiger partial charge >= 0.3 is 0 Å². The van der Waals surface area contributed by atoms with Gasteiger partial charge in [-0.15, -0.1) is 0 Å². The third-order valence-corrected chi connectivity index (χ3v) is 2.78. The number of hydrogen-bond acceptors (Lipinski definition) is 4. The lowest BCUT2D eigenvalue weighted by Gasteiger charge is -2.10.